The average molecular weight is 264 g/mol. The number of hydrogen-bond donors (Lipinski definition) is 1. The van der Waals surface area contributed by atoms with E-state index in [1.807, 2.05) is 0 Å². The van der Waals surface area contributed by atoms with Gasteiger partial charge in [0.05, 0.1) is 5.71 Å². The molecule has 0 aromatic heterocycles. The maximum Gasteiger partial charge on any atom is 0.387 e. The highest BCUT2D eigenvalue weighted by atomic mass is 79.9. The zero-order chi connectivity index (χ0) is 10.6. The summed E-state index contributed by atoms with van der Waals surface area (Å²) in [5, 5.41) is 7.79. The van der Waals surface area contributed by atoms with Crippen LogP contribution in [0.5, 0.6) is 5.75 Å². The topological polar surface area (TPSA) is 33.1 Å². The summed E-state index contributed by atoms with van der Waals surface area (Å²) in [5.41, 5.74) is 0.589. The lowest BCUT2D eigenvalue weighted by molar-refractivity contribution is -0.0499. The molecule has 0 fully saturated rings. The minimum atomic E-state index is -2.86. The second-order valence-electron chi connectivity index (χ2n) is 2.49. The van der Waals surface area contributed by atoms with Crippen LogP contribution in [-0.2, 0) is 0 Å². The first-order valence-corrected chi connectivity index (χ1v) is 4.95. The molecule has 5 heteroatoms. The lowest BCUT2D eigenvalue weighted by atomic mass is 10.1. The first-order valence-electron chi connectivity index (χ1n) is 3.82. The van der Waals surface area contributed by atoms with E-state index in [1.54, 1.807) is 18.2 Å². The Bertz CT molecular complexity index is 330. The molecule has 2 nitrogen and oxygen atoms in total. The summed E-state index contributed by atoms with van der Waals surface area (Å²) in [6.07, 6.45) is 0. The van der Waals surface area contributed by atoms with Crippen LogP contribution in [0.1, 0.15) is 5.56 Å². The third-order valence-electron chi connectivity index (χ3n) is 1.56. The van der Waals surface area contributed by atoms with E-state index in [1.165, 1.54) is 6.07 Å². The van der Waals surface area contributed by atoms with Gasteiger partial charge in [0, 0.05) is 10.9 Å². The van der Waals surface area contributed by atoms with Crippen molar-refractivity contribution in [3.63, 3.8) is 0 Å². The van der Waals surface area contributed by atoms with Crippen molar-refractivity contribution < 1.29 is 13.5 Å². The van der Waals surface area contributed by atoms with Gasteiger partial charge >= 0.3 is 6.61 Å². The Labute approximate surface area is 88.5 Å². The molecule has 0 unspecified atom stereocenters. The van der Waals surface area contributed by atoms with Crippen LogP contribution < -0.4 is 4.74 Å². The predicted molar refractivity (Wildman–Crippen MR) is 53.7 cm³/mol. The van der Waals surface area contributed by atoms with Crippen molar-refractivity contribution in [2.45, 2.75) is 6.61 Å². The van der Waals surface area contributed by atoms with Crippen LogP contribution in [0.25, 0.3) is 0 Å². The maximum atomic E-state index is 12.0. The molecule has 0 aliphatic carbocycles. The molecule has 0 spiro atoms. The Kier molecular flexibility index (Phi) is 4.00. The summed E-state index contributed by atoms with van der Waals surface area (Å²) in [6.45, 7) is -2.86. The van der Waals surface area contributed by atoms with Crippen LogP contribution in [0.15, 0.2) is 24.3 Å². The molecule has 0 aliphatic heterocycles. The Hall–Kier alpha value is -0.970. The van der Waals surface area contributed by atoms with Crippen LogP contribution in [0, 0.1) is 5.41 Å². The predicted octanol–water partition coefficient (Wildman–Crippen LogP) is 3.05. The lowest BCUT2D eigenvalue weighted by Gasteiger charge is -2.09. The van der Waals surface area contributed by atoms with Gasteiger partial charge in [-0.15, -0.1) is 0 Å². The Balaban J connectivity index is 2.97. The molecule has 0 amide bonds. The van der Waals surface area contributed by atoms with Crippen molar-refractivity contribution in [2.24, 2.45) is 0 Å². The van der Waals surface area contributed by atoms with Gasteiger partial charge in [-0.3, -0.25) is 0 Å². The highest BCUT2D eigenvalue weighted by Gasteiger charge is 2.11. The van der Waals surface area contributed by atoms with E-state index in [-0.39, 0.29) is 11.5 Å². The molecule has 0 saturated carbocycles. The molecule has 76 valence electrons. The quantitative estimate of drug-likeness (QED) is 0.658. The number of halogens is 3. The largest absolute Gasteiger partial charge is 0.434 e. The Morgan fingerprint density at radius 1 is 1.43 bits per heavy atom. The van der Waals surface area contributed by atoms with Gasteiger partial charge in [0.15, 0.2) is 0 Å². The van der Waals surface area contributed by atoms with Crippen LogP contribution in [0.2, 0.25) is 0 Å². The summed E-state index contributed by atoms with van der Waals surface area (Å²) in [4.78, 5) is 0. The third-order valence-corrected chi connectivity index (χ3v) is 2.12. The highest BCUT2D eigenvalue weighted by molar-refractivity contribution is 9.09. The molecular weight excluding hydrogens is 256 g/mol. The summed E-state index contributed by atoms with van der Waals surface area (Å²) in [7, 11) is 0. The zero-order valence-corrected chi connectivity index (χ0v) is 8.72. The number of alkyl halides is 3. The van der Waals surface area contributed by atoms with E-state index in [0.29, 0.717) is 10.9 Å². The second kappa shape index (κ2) is 5.05. The fourth-order valence-corrected chi connectivity index (χ4v) is 1.29. The number of hydrogen-bond acceptors (Lipinski definition) is 2. The summed E-state index contributed by atoms with van der Waals surface area (Å²) in [6, 6.07) is 6.24. The van der Waals surface area contributed by atoms with Crippen molar-refractivity contribution in [2.75, 3.05) is 5.33 Å². The van der Waals surface area contributed by atoms with E-state index in [9.17, 15) is 8.78 Å². The maximum absolute atomic E-state index is 12.0. The number of ether oxygens (including phenoxy) is 1. The summed E-state index contributed by atoms with van der Waals surface area (Å²) < 4.78 is 28.2. The number of rotatable bonds is 4. The minimum absolute atomic E-state index is 0.0342. The smallest absolute Gasteiger partial charge is 0.387 e. The molecule has 1 rings (SSSR count). The molecule has 0 atom stereocenters. The molecule has 1 aromatic rings. The van der Waals surface area contributed by atoms with E-state index < -0.39 is 6.61 Å². The van der Waals surface area contributed by atoms with Crippen molar-refractivity contribution in [3.8, 4) is 5.75 Å². The molecule has 14 heavy (non-hydrogen) atoms. The van der Waals surface area contributed by atoms with Crippen LogP contribution >= 0.6 is 15.9 Å². The standard InChI is InChI=1S/C9H8BrF2NO/c10-5-7(13)6-3-1-2-4-8(6)14-9(11)12/h1-4,9,13H,5H2. The van der Waals surface area contributed by atoms with Gasteiger partial charge in [-0.05, 0) is 12.1 Å². The normalized spacial score (nSPS) is 10.3. The van der Waals surface area contributed by atoms with Crippen molar-refractivity contribution in [3.05, 3.63) is 29.8 Å². The number of benzene rings is 1. The fraction of sp³-hybridized carbons (Fsp3) is 0.222. The fourth-order valence-electron chi connectivity index (χ4n) is 0.987. The van der Waals surface area contributed by atoms with Gasteiger partial charge < -0.3 is 10.1 Å². The van der Waals surface area contributed by atoms with E-state index >= 15 is 0 Å². The molecule has 1 aromatic carbocycles. The molecule has 0 aliphatic rings. The van der Waals surface area contributed by atoms with Gasteiger partial charge in [-0.2, -0.15) is 8.78 Å². The summed E-state index contributed by atoms with van der Waals surface area (Å²) in [5.74, 6) is 0.0342. The van der Waals surface area contributed by atoms with E-state index in [2.05, 4.69) is 20.7 Å². The average Bonchev–Trinajstić information content (AvgIpc) is 2.16. The van der Waals surface area contributed by atoms with Gasteiger partial charge in [0.2, 0.25) is 0 Å². The first kappa shape index (κ1) is 11.1. The van der Waals surface area contributed by atoms with Gasteiger partial charge in [0.1, 0.15) is 5.75 Å². The second-order valence-corrected chi connectivity index (χ2v) is 3.05. The Morgan fingerprint density at radius 2 is 2.07 bits per heavy atom. The third kappa shape index (κ3) is 2.77. The molecule has 1 N–H and O–H groups in total. The summed E-state index contributed by atoms with van der Waals surface area (Å²) >= 11 is 3.08. The van der Waals surface area contributed by atoms with Crippen LogP contribution in [0.3, 0.4) is 0 Å². The monoisotopic (exact) mass is 263 g/mol. The van der Waals surface area contributed by atoms with Crippen molar-refractivity contribution in [1.29, 1.82) is 5.41 Å². The molecule has 0 radical (unpaired) electrons. The molecule has 0 heterocycles. The minimum Gasteiger partial charge on any atom is -0.434 e. The van der Waals surface area contributed by atoms with E-state index in [0.717, 1.165) is 0 Å². The molecule has 0 saturated heterocycles. The van der Waals surface area contributed by atoms with Gasteiger partial charge in [0.25, 0.3) is 0 Å². The Morgan fingerprint density at radius 3 is 2.64 bits per heavy atom. The zero-order valence-electron chi connectivity index (χ0n) is 7.14. The van der Waals surface area contributed by atoms with Crippen molar-refractivity contribution in [1.82, 2.24) is 0 Å². The van der Waals surface area contributed by atoms with Crippen LogP contribution in [-0.4, -0.2) is 17.7 Å². The first-order chi connectivity index (χ1) is 6.65. The van der Waals surface area contributed by atoms with Gasteiger partial charge in [-0.25, -0.2) is 0 Å². The van der Waals surface area contributed by atoms with Crippen LogP contribution in [0.4, 0.5) is 8.78 Å². The van der Waals surface area contributed by atoms with E-state index in [4.69, 9.17) is 5.41 Å². The van der Waals surface area contributed by atoms with Crippen molar-refractivity contribution >= 4 is 21.6 Å². The number of para-hydroxylation sites is 1. The number of nitrogens with one attached hydrogen (secondary N) is 1. The SMILES string of the molecule is N=C(CBr)c1ccccc1OC(F)F. The molecular formula is C9H8BrF2NO. The van der Waals surface area contributed by atoms with Gasteiger partial charge in [-0.1, -0.05) is 28.1 Å². The lowest BCUT2D eigenvalue weighted by Crippen LogP contribution is -2.08. The molecule has 0 bridgehead atoms. The highest BCUT2D eigenvalue weighted by Crippen LogP contribution is 2.21.